The third-order valence-corrected chi connectivity index (χ3v) is 3.17. The smallest absolute Gasteiger partial charge is 0.435 e. The first-order valence-electron chi connectivity index (χ1n) is 7.20. The Morgan fingerprint density at radius 2 is 2.00 bits per heavy atom. The zero-order valence-electron chi connectivity index (χ0n) is 13.1. The molecule has 1 aliphatic heterocycles. The number of rotatable bonds is 2. The van der Waals surface area contributed by atoms with Crippen LogP contribution >= 0.6 is 0 Å². The predicted molar refractivity (Wildman–Crippen MR) is 77.0 cm³/mol. The van der Waals surface area contributed by atoms with Crippen LogP contribution in [-0.4, -0.2) is 41.0 Å². The number of carbonyl (C=O) groups is 1. The number of nitrogens with one attached hydrogen (secondary N) is 1. The van der Waals surface area contributed by atoms with Crippen molar-refractivity contribution in [2.24, 2.45) is 0 Å². The van der Waals surface area contributed by atoms with Crippen molar-refractivity contribution >= 4 is 11.9 Å². The van der Waals surface area contributed by atoms with Crippen molar-refractivity contribution in [2.75, 3.05) is 18.0 Å². The molecule has 1 atom stereocenters. The van der Waals surface area contributed by atoms with E-state index in [1.807, 2.05) is 0 Å². The van der Waals surface area contributed by atoms with Crippen molar-refractivity contribution in [1.29, 1.82) is 0 Å². The SMILES string of the molecule is CC(C)(C)OC(=O)N[C@@H]1CCN(c2ccc(C(F)(F)F)nn2)C1. The van der Waals surface area contributed by atoms with Crippen LogP contribution in [-0.2, 0) is 10.9 Å². The number of anilines is 1. The molecule has 0 aliphatic carbocycles. The van der Waals surface area contributed by atoms with Crippen LogP contribution in [0.5, 0.6) is 0 Å². The van der Waals surface area contributed by atoms with E-state index in [1.165, 1.54) is 6.07 Å². The average Bonchev–Trinajstić information content (AvgIpc) is 2.84. The number of halogens is 3. The molecule has 1 fully saturated rings. The summed E-state index contributed by atoms with van der Waals surface area (Å²) in [6.07, 6.45) is -4.36. The molecule has 6 nitrogen and oxygen atoms in total. The standard InChI is InChI=1S/C14H19F3N4O2/c1-13(2,3)23-12(22)18-9-6-7-21(8-9)11-5-4-10(19-20-11)14(15,16)17/h4-5,9H,6-8H2,1-3H3,(H,18,22)/t9-/m1/s1. The van der Waals surface area contributed by atoms with Crippen molar-refractivity contribution in [2.45, 2.75) is 45.0 Å². The maximum absolute atomic E-state index is 12.5. The minimum absolute atomic E-state index is 0.144. The van der Waals surface area contributed by atoms with Crippen LogP contribution in [0.15, 0.2) is 12.1 Å². The Balaban J connectivity index is 1.91. The van der Waals surface area contributed by atoms with E-state index in [9.17, 15) is 18.0 Å². The lowest BCUT2D eigenvalue weighted by molar-refractivity contribution is -0.141. The molecule has 23 heavy (non-hydrogen) atoms. The van der Waals surface area contributed by atoms with Crippen molar-refractivity contribution in [3.8, 4) is 0 Å². The van der Waals surface area contributed by atoms with Crippen LogP contribution in [0.4, 0.5) is 23.8 Å². The third-order valence-electron chi connectivity index (χ3n) is 3.17. The number of ether oxygens (including phenoxy) is 1. The number of aromatic nitrogens is 2. The highest BCUT2D eigenvalue weighted by Gasteiger charge is 2.33. The predicted octanol–water partition coefficient (Wildman–Crippen LogP) is 2.60. The second kappa shape index (κ2) is 6.21. The average molecular weight is 332 g/mol. The molecule has 128 valence electrons. The molecule has 2 rings (SSSR count). The van der Waals surface area contributed by atoms with Gasteiger partial charge in [-0.25, -0.2) is 4.79 Å². The van der Waals surface area contributed by atoms with Gasteiger partial charge in [0.05, 0.1) is 6.04 Å². The van der Waals surface area contributed by atoms with Gasteiger partial charge in [-0.15, -0.1) is 10.2 Å². The maximum atomic E-state index is 12.5. The monoisotopic (exact) mass is 332 g/mol. The Morgan fingerprint density at radius 1 is 1.30 bits per heavy atom. The molecule has 0 saturated carbocycles. The number of hydrogen-bond acceptors (Lipinski definition) is 5. The lowest BCUT2D eigenvalue weighted by Crippen LogP contribution is -2.40. The summed E-state index contributed by atoms with van der Waals surface area (Å²) in [6, 6.07) is 2.04. The Hall–Kier alpha value is -2.06. The molecule has 0 bridgehead atoms. The summed E-state index contributed by atoms with van der Waals surface area (Å²) >= 11 is 0. The number of nitrogens with zero attached hydrogens (tertiary/aromatic N) is 3. The number of alkyl halides is 3. The summed E-state index contributed by atoms with van der Waals surface area (Å²) in [7, 11) is 0. The van der Waals surface area contributed by atoms with Gasteiger partial charge in [-0.3, -0.25) is 0 Å². The van der Waals surface area contributed by atoms with Gasteiger partial charge >= 0.3 is 12.3 Å². The summed E-state index contributed by atoms with van der Waals surface area (Å²) in [5, 5.41) is 9.55. The molecule has 1 aromatic rings. The Bertz CT molecular complexity index is 555. The molecule has 0 aromatic carbocycles. The maximum Gasteiger partial charge on any atom is 0.435 e. The molecule has 1 aromatic heterocycles. The van der Waals surface area contributed by atoms with E-state index in [0.29, 0.717) is 25.3 Å². The van der Waals surface area contributed by atoms with Crippen LogP contribution in [0, 0.1) is 0 Å². The van der Waals surface area contributed by atoms with E-state index < -0.39 is 23.6 Å². The van der Waals surface area contributed by atoms with Gasteiger partial charge in [-0.05, 0) is 39.3 Å². The van der Waals surface area contributed by atoms with E-state index >= 15 is 0 Å². The third kappa shape index (κ3) is 4.97. The Morgan fingerprint density at radius 3 is 2.52 bits per heavy atom. The molecule has 1 N–H and O–H groups in total. The molecule has 9 heteroatoms. The first-order valence-corrected chi connectivity index (χ1v) is 7.20. The van der Waals surface area contributed by atoms with Crippen molar-refractivity contribution in [1.82, 2.24) is 15.5 Å². The Kier molecular flexibility index (Phi) is 4.67. The van der Waals surface area contributed by atoms with E-state index in [4.69, 9.17) is 4.74 Å². The second-order valence-electron chi connectivity index (χ2n) is 6.35. The summed E-state index contributed by atoms with van der Waals surface area (Å²) < 4.78 is 42.6. The highest BCUT2D eigenvalue weighted by molar-refractivity contribution is 5.68. The first kappa shape index (κ1) is 17.3. The molecular weight excluding hydrogens is 313 g/mol. The fourth-order valence-electron chi connectivity index (χ4n) is 2.21. The first-order chi connectivity index (χ1) is 10.5. The van der Waals surface area contributed by atoms with E-state index in [2.05, 4.69) is 15.5 Å². The minimum Gasteiger partial charge on any atom is -0.444 e. The van der Waals surface area contributed by atoms with Gasteiger partial charge in [0.15, 0.2) is 11.5 Å². The summed E-state index contributed by atoms with van der Waals surface area (Å²) in [5.41, 5.74) is -1.61. The Labute approximate surface area is 132 Å². The highest BCUT2D eigenvalue weighted by atomic mass is 19.4. The van der Waals surface area contributed by atoms with Crippen molar-refractivity contribution in [3.63, 3.8) is 0 Å². The summed E-state index contributed by atoms with van der Waals surface area (Å²) in [6.45, 7) is 6.32. The van der Waals surface area contributed by atoms with Crippen LogP contribution in [0.25, 0.3) is 0 Å². The minimum atomic E-state index is -4.50. The van der Waals surface area contributed by atoms with Gasteiger partial charge in [0.1, 0.15) is 5.60 Å². The molecule has 1 saturated heterocycles. The van der Waals surface area contributed by atoms with Crippen molar-refractivity contribution in [3.05, 3.63) is 17.8 Å². The second-order valence-corrected chi connectivity index (χ2v) is 6.35. The largest absolute Gasteiger partial charge is 0.444 e. The van der Waals surface area contributed by atoms with E-state index in [1.54, 1.807) is 25.7 Å². The van der Waals surface area contributed by atoms with Gasteiger partial charge in [-0.2, -0.15) is 13.2 Å². The molecule has 0 spiro atoms. The molecular formula is C14H19F3N4O2. The highest BCUT2D eigenvalue weighted by Crippen LogP contribution is 2.28. The normalized spacial score (nSPS) is 18.9. The molecule has 2 heterocycles. The zero-order chi connectivity index (χ0) is 17.3. The fourth-order valence-corrected chi connectivity index (χ4v) is 2.21. The molecule has 1 amide bonds. The summed E-state index contributed by atoms with van der Waals surface area (Å²) in [5.74, 6) is 0.353. The number of amides is 1. The number of carbonyl (C=O) groups excluding carboxylic acids is 1. The lowest BCUT2D eigenvalue weighted by Gasteiger charge is -2.22. The number of hydrogen-bond donors (Lipinski definition) is 1. The quantitative estimate of drug-likeness (QED) is 0.902. The number of alkyl carbamates (subject to hydrolysis) is 1. The molecule has 0 radical (unpaired) electrons. The van der Waals surface area contributed by atoms with E-state index in [0.717, 1.165) is 6.07 Å². The van der Waals surface area contributed by atoms with Crippen LogP contribution < -0.4 is 10.2 Å². The van der Waals surface area contributed by atoms with Crippen LogP contribution in [0.2, 0.25) is 0 Å². The van der Waals surface area contributed by atoms with Gasteiger partial charge in [0.2, 0.25) is 0 Å². The van der Waals surface area contributed by atoms with Crippen molar-refractivity contribution < 1.29 is 22.7 Å². The zero-order valence-corrected chi connectivity index (χ0v) is 13.1. The fraction of sp³-hybridized carbons (Fsp3) is 0.643. The van der Waals surface area contributed by atoms with Crippen LogP contribution in [0.1, 0.15) is 32.9 Å². The van der Waals surface area contributed by atoms with E-state index in [-0.39, 0.29) is 6.04 Å². The van der Waals surface area contributed by atoms with Gasteiger partial charge in [0.25, 0.3) is 0 Å². The molecule has 1 aliphatic rings. The van der Waals surface area contributed by atoms with Gasteiger partial charge in [-0.1, -0.05) is 0 Å². The topological polar surface area (TPSA) is 67.3 Å². The van der Waals surface area contributed by atoms with Gasteiger partial charge in [0, 0.05) is 13.1 Å². The lowest BCUT2D eigenvalue weighted by atomic mass is 10.2. The molecule has 0 unspecified atom stereocenters. The van der Waals surface area contributed by atoms with Crippen LogP contribution in [0.3, 0.4) is 0 Å². The summed E-state index contributed by atoms with van der Waals surface area (Å²) in [4.78, 5) is 13.5. The van der Waals surface area contributed by atoms with Gasteiger partial charge < -0.3 is 15.0 Å².